The van der Waals surface area contributed by atoms with Crippen molar-refractivity contribution in [1.82, 2.24) is 5.32 Å². The van der Waals surface area contributed by atoms with Crippen molar-refractivity contribution in [3.63, 3.8) is 0 Å². The van der Waals surface area contributed by atoms with Crippen molar-refractivity contribution in [2.45, 2.75) is 13.3 Å². The lowest BCUT2D eigenvalue weighted by Gasteiger charge is -2.07. The van der Waals surface area contributed by atoms with Crippen LogP contribution in [-0.2, 0) is 6.42 Å². The van der Waals surface area contributed by atoms with Crippen molar-refractivity contribution in [2.75, 3.05) is 13.2 Å². The maximum Gasteiger partial charge on any atom is 0.251 e. The van der Waals surface area contributed by atoms with Gasteiger partial charge < -0.3 is 10.1 Å². The average Bonchev–Trinajstić information content (AvgIpc) is 2.50. The minimum absolute atomic E-state index is 0.172. The summed E-state index contributed by atoms with van der Waals surface area (Å²) in [5, 5.41) is 2.78. The lowest BCUT2D eigenvalue weighted by Crippen LogP contribution is -2.25. The second kappa shape index (κ2) is 7.43. The van der Waals surface area contributed by atoms with Crippen LogP contribution in [0.2, 0.25) is 0 Å². The highest BCUT2D eigenvalue weighted by molar-refractivity contribution is 5.94. The zero-order valence-corrected chi connectivity index (χ0v) is 11.9. The van der Waals surface area contributed by atoms with Gasteiger partial charge in [0.1, 0.15) is 11.6 Å². The summed E-state index contributed by atoms with van der Waals surface area (Å²) in [5.41, 5.74) is 1.16. The summed E-state index contributed by atoms with van der Waals surface area (Å²) in [6, 6.07) is 13.5. The number of ether oxygens (including phenoxy) is 1. The third kappa shape index (κ3) is 4.31. The normalized spacial score (nSPS) is 10.2. The highest BCUT2D eigenvalue weighted by Crippen LogP contribution is 2.12. The summed E-state index contributed by atoms with van der Waals surface area (Å²) in [7, 11) is 0. The van der Waals surface area contributed by atoms with E-state index in [2.05, 4.69) is 5.32 Å². The fourth-order valence-corrected chi connectivity index (χ4v) is 1.98. The van der Waals surface area contributed by atoms with E-state index < -0.39 is 0 Å². The number of hydrogen-bond donors (Lipinski definition) is 1. The average molecular weight is 287 g/mol. The number of carbonyl (C=O) groups is 1. The molecule has 0 bridgehead atoms. The molecule has 110 valence electrons. The number of benzene rings is 2. The molecule has 2 aromatic rings. The SMILES string of the molecule is CCOc1ccc(C(=O)NCCc2ccccc2F)cc1. The second-order valence-corrected chi connectivity index (χ2v) is 4.55. The van der Waals surface area contributed by atoms with Gasteiger partial charge in [0.15, 0.2) is 0 Å². The molecule has 2 rings (SSSR count). The van der Waals surface area contributed by atoms with Gasteiger partial charge in [0.25, 0.3) is 5.91 Å². The molecule has 1 N–H and O–H groups in total. The van der Waals surface area contributed by atoms with Crippen molar-refractivity contribution in [1.29, 1.82) is 0 Å². The Kier molecular flexibility index (Phi) is 5.32. The Balaban J connectivity index is 1.85. The molecule has 0 aliphatic heterocycles. The summed E-state index contributed by atoms with van der Waals surface area (Å²) in [4.78, 5) is 11.9. The molecule has 21 heavy (non-hydrogen) atoms. The Labute approximate surface area is 123 Å². The van der Waals surface area contributed by atoms with Crippen LogP contribution >= 0.6 is 0 Å². The van der Waals surface area contributed by atoms with Gasteiger partial charge in [0.2, 0.25) is 0 Å². The monoisotopic (exact) mass is 287 g/mol. The first kappa shape index (κ1) is 15.0. The molecule has 0 heterocycles. The van der Waals surface area contributed by atoms with Gasteiger partial charge in [-0.05, 0) is 49.2 Å². The molecule has 2 aromatic carbocycles. The maximum atomic E-state index is 13.4. The predicted molar refractivity (Wildman–Crippen MR) is 80.0 cm³/mol. The Hall–Kier alpha value is -2.36. The summed E-state index contributed by atoms with van der Waals surface area (Å²) in [6.07, 6.45) is 0.468. The van der Waals surface area contributed by atoms with Gasteiger partial charge in [-0.3, -0.25) is 4.79 Å². The summed E-state index contributed by atoms with van der Waals surface area (Å²) >= 11 is 0. The maximum absolute atomic E-state index is 13.4. The molecule has 0 spiro atoms. The first-order valence-electron chi connectivity index (χ1n) is 6.95. The lowest BCUT2D eigenvalue weighted by atomic mass is 10.1. The number of halogens is 1. The van der Waals surface area contributed by atoms with Crippen molar-refractivity contribution in [3.8, 4) is 5.75 Å². The van der Waals surface area contributed by atoms with E-state index in [1.165, 1.54) is 6.07 Å². The van der Waals surface area contributed by atoms with Gasteiger partial charge in [-0.2, -0.15) is 0 Å². The molecule has 0 atom stereocenters. The van der Waals surface area contributed by atoms with Crippen LogP contribution in [0.3, 0.4) is 0 Å². The van der Waals surface area contributed by atoms with E-state index >= 15 is 0 Å². The molecule has 0 saturated heterocycles. The van der Waals surface area contributed by atoms with Gasteiger partial charge in [0.05, 0.1) is 6.61 Å². The number of carbonyl (C=O) groups excluding carboxylic acids is 1. The molecular weight excluding hydrogens is 269 g/mol. The van der Waals surface area contributed by atoms with Crippen LogP contribution in [-0.4, -0.2) is 19.1 Å². The van der Waals surface area contributed by atoms with E-state index in [-0.39, 0.29) is 11.7 Å². The fourth-order valence-electron chi connectivity index (χ4n) is 1.98. The van der Waals surface area contributed by atoms with E-state index in [1.807, 2.05) is 6.92 Å². The Bertz CT molecular complexity index is 596. The molecule has 1 amide bonds. The molecule has 0 saturated carbocycles. The Morgan fingerprint density at radius 2 is 1.86 bits per heavy atom. The Morgan fingerprint density at radius 3 is 2.52 bits per heavy atom. The summed E-state index contributed by atoms with van der Waals surface area (Å²) in [6.45, 7) is 2.89. The van der Waals surface area contributed by atoms with Crippen molar-refractivity contribution in [2.24, 2.45) is 0 Å². The topological polar surface area (TPSA) is 38.3 Å². The molecular formula is C17H18FNO2. The van der Waals surface area contributed by atoms with Gasteiger partial charge in [0, 0.05) is 12.1 Å². The zero-order valence-electron chi connectivity index (χ0n) is 11.9. The number of hydrogen-bond acceptors (Lipinski definition) is 2. The molecule has 0 unspecified atom stereocenters. The largest absolute Gasteiger partial charge is 0.494 e. The predicted octanol–water partition coefficient (Wildman–Crippen LogP) is 3.20. The van der Waals surface area contributed by atoms with Crippen LogP contribution in [0.4, 0.5) is 4.39 Å². The van der Waals surface area contributed by atoms with Crippen molar-refractivity contribution in [3.05, 3.63) is 65.5 Å². The molecule has 3 nitrogen and oxygen atoms in total. The highest BCUT2D eigenvalue weighted by Gasteiger charge is 2.06. The summed E-state index contributed by atoms with van der Waals surface area (Å²) < 4.78 is 18.7. The second-order valence-electron chi connectivity index (χ2n) is 4.55. The lowest BCUT2D eigenvalue weighted by molar-refractivity contribution is 0.0954. The van der Waals surface area contributed by atoms with E-state index in [0.29, 0.717) is 30.7 Å². The zero-order chi connectivity index (χ0) is 15.1. The van der Waals surface area contributed by atoms with Crippen LogP contribution in [0, 0.1) is 5.82 Å². The molecule has 0 aliphatic rings. The Morgan fingerprint density at radius 1 is 1.14 bits per heavy atom. The highest BCUT2D eigenvalue weighted by atomic mass is 19.1. The smallest absolute Gasteiger partial charge is 0.251 e. The standard InChI is InChI=1S/C17H18FNO2/c1-2-21-15-9-7-14(8-10-15)17(20)19-12-11-13-5-3-4-6-16(13)18/h3-10H,2,11-12H2,1H3,(H,19,20). The first-order valence-corrected chi connectivity index (χ1v) is 6.95. The van der Waals surface area contributed by atoms with Gasteiger partial charge in [-0.25, -0.2) is 4.39 Å². The summed E-state index contributed by atoms with van der Waals surface area (Å²) in [5.74, 6) is 0.322. The minimum Gasteiger partial charge on any atom is -0.494 e. The molecule has 0 fully saturated rings. The van der Waals surface area contributed by atoms with Crippen LogP contribution in [0.25, 0.3) is 0 Å². The fraction of sp³-hybridized carbons (Fsp3) is 0.235. The van der Waals surface area contributed by atoms with Gasteiger partial charge >= 0.3 is 0 Å². The quantitative estimate of drug-likeness (QED) is 0.886. The van der Waals surface area contributed by atoms with Crippen LogP contribution in [0.5, 0.6) is 5.75 Å². The first-order chi connectivity index (χ1) is 10.2. The van der Waals surface area contributed by atoms with Gasteiger partial charge in [-0.1, -0.05) is 18.2 Å². The molecule has 0 aromatic heterocycles. The van der Waals surface area contributed by atoms with E-state index in [1.54, 1.807) is 42.5 Å². The third-order valence-electron chi connectivity index (χ3n) is 3.07. The van der Waals surface area contributed by atoms with Crippen LogP contribution in [0.15, 0.2) is 48.5 Å². The molecule has 0 radical (unpaired) electrons. The molecule has 0 aliphatic carbocycles. The van der Waals surface area contributed by atoms with E-state index in [4.69, 9.17) is 4.74 Å². The van der Waals surface area contributed by atoms with E-state index in [0.717, 1.165) is 5.75 Å². The third-order valence-corrected chi connectivity index (χ3v) is 3.07. The number of rotatable bonds is 6. The van der Waals surface area contributed by atoms with Gasteiger partial charge in [-0.15, -0.1) is 0 Å². The van der Waals surface area contributed by atoms with Crippen LogP contribution in [0.1, 0.15) is 22.8 Å². The number of nitrogens with one attached hydrogen (secondary N) is 1. The van der Waals surface area contributed by atoms with Crippen molar-refractivity contribution < 1.29 is 13.9 Å². The van der Waals surface area contributed by atoms with Crippen molar-refractivity contribution >= 4 is 5.91 Å². The number of amides is 1. The van der Waals surface area contributed by atoms with Crippen LogP contribution < -0.4 is 10.1 Å². The van der Waals surface area contributed by atoms with E-state index in [9.17, 15) is 9.18 Å². The minimum atomic E-state index is -0.243. The molecule has 4 heteroatoms.